The number of hydrogen-bond donors (Lipinski definition) is 3. The van der Waals surface area contributed by atoms with Crippen molar-refractivity contribution in [3.8, 4) is 0 Å². The molecule has 1 heterocycles. The van der Waals surface area contributed by atoms with Crippen LogP contribution >= 0.6 is 0 Å². The highest BCUT2D eigenvalue weighted by atomic mass is 16.4. The van der Waals surface area contributed by atoms with Crippen LogP contribution in [0.15, 0.2) is 12.3 Å². The van der Waals surface area contributed by atoms with Gasteiger partial charge in [-0.05, 0) is 24.3 Å². The Balaban J connectivity index is 2.17. The maximum absolute atomic E-state index is 10.8. The number of nitrogens with two attached hydrogens (primary N) is 1. The number of pyridine rings is 1. The predicted molar refractivity (Wildman–Crippen MR) is 75.3 cm³/mol. The highest BCUT2D eigenvalue weighted by molar-refractivity contribution is 5.89. The number of anilines is 2. The third kappa shape index (κ3) is 2.97. The Bertz CT molecular complexity index is 486. The molecule has 0 aliphatic heterocycles. The van der Waals surface area contributed by atoms with Crippen molar-refractivity contribution in [2.24, 2.45) is 5.41 Å². The maximum atomic E-state index is 10.8. The van der Waals surface area contributed by atoms with Crippen LogP contribution < -0.4 is 11.1 Å². The SMILES string of the molecule is CC1(C)CCCCC1Nc1ncc(C(=O)O)cc1N. The van der Waals surface area contributed by atoms with Crippen LogP contribution in [0.3, 0.4) is 0 Å². The Morgan fingerprint density at radius 1 is 1.53 bits per heavy atom. The molecular weight excluding hydrogens is 242 g/mol. The van der Waals surface area contributed by atoms with Gasteiger partial charge in [0.2, 0.25) is 0 Å². The van der Waals surface area contributed by atoms with Crippen LogP contribution in [0.4, 0.5) is 11.5 Å². The van der Waals surface area contributed by atoms with E-state index in [9.17, 15) is 4.79 Å². The monoisotopic (exact) mass is 263 g/mol. The Morgan fingerprint density at radius 3 is 2.84 bits per heavy atom. The summed E-state index contributed by atoms with van der Waals surface area (Å²) in [4.78, 5) is 15.0. The topological polar surface area (TPSA) is 88.2 Å². The number of nitrogen functional groups attached to an aromatic ring is 1. The molecule has 2 rings (SSSR count). The summed E-state index contributed by atoms with van der Waals surface area (Å²) in [5.41, 5.74) is 6.59. The van der Waals surface area contributed by atoms with E-state index in [-0.39, 0.29) is 11.0 Å². The summed E-state index contributed by atoms with van der Waals surface area (Å²) in [5, 5.41) is 12.3. The summed E-state index contributed by atoms with van der Waals surface area (Å²) in [5.74, 6) is -0.422. The van der Waals surface area contributed by atoms with E-state index < -0.39 is 5.97 Å². The molecule has 4 N–H and O–H groups in total. The van der Waals surface area contributed by atoms with Gasteiger partial charge in [-0.2, -0.15) is 0 Å². The molecule has 0 spiro atoms. The molecule has 1 aromatic heterocycles. The van der Waals surface area contributed by atoms with E-state index in [0.29, 0.717) is 17.5 Å². The van der Waals surface area contributed by atoms with Crippen molar-refractivity contribution in [3.05, 3.63) is 17.8 Å². The quantitative estimate of drug-likeness (QED) is 0.780. The van der Waals surface area contributed by atoms with Crippen molar-refractivity contribution in [2.45, 2.75) is 45.6 Å². The molecule has 1 aliphatic rings. The van der Waals surface area contributed by atoms with Crippen LogP contribution in [0.25, 0.3) is 0 Å². The first kappa shape index (κ1) is 13.6. The van der Waals surface area contributed by atoms with Gasteiger partial charge in [0.15, 0.2) is 0 Å². The summed E-state index contributed by atoms with van der Waals surface area (Å²) < 4.78 is 0. The van der Waals surface area contributed by atoms with Crippen molar-refractivity contribution < 1.29 is 9.90 Å². The molecule has 0 amide bonds. The molecule has 1 aliphatic carbocycles. The molecule has 104 valence electrons. The highest BCUT2D eigenvalue weighted by Gasteiger charge is 2.32. The van der Waals surface area contributed by atoms with E-state index in [1.54, 1.807) is 0 Å². The van der Waals surface area contributed by atoms with E-state index in [1.807, 2.05) is 0 Å². The second kappa shape index (κ2) is 5.07. The number of rotatable bonds is 3. The minimum Gasteiger partial charge on any atom is -0.478 e. The largest absolute Gasteiger partial charge is 0.478 e. The number of nitrogens with zero attached hydrogens (tertiary/aromatic N) is 1. The summed E-state index contributed by atoms with van der Waals surface area (Å²) in [7, 11) is 0. The molecule has 1 fully saturated rings. The molecule has 0 bridgehead atoms. The molecule has 1 saturated carbocycles. The first-order valence-corrected chi connectivity index (χ1v) is 6.65. The van der Waals surface area contributed by atoms with Gasteiger partial charge in [-0.15, -0.1) is 0 Å². The van der Waals surface area contributed by atoms with Crippen molar-refractivity contribution in [1.29, 1.82) is 0 Å². The fourth-order valence-corrected chi connectivity index (χ4v) is 2.65. The van der Waals surface area contributed by atoms with Crippen molar-refractivity contribution in [2.75, 3.05) is 11.1 Å². The van der Waals surface area contributed by atoms with Crippen LogP contribution in [-0.4, -0.2) is 22.1 Å². The van der Waals surface area contributed by atoms with Crippen LogP contribution in [0.1, 0.15) is 49.9 Å². The van der Waals surface area contributed by atoms with Crippen LogP contribution in [0, 0.1) is 5.41 Å². The molecular formula is C14H21N3O2. The summed E-state index contributed by atoms with van der Waals surface area (Å²) in [6.45, 7) is 4.48. The van der Waals surface area contributed by atoms with E-state index in [0.717, 1.165) is 6.42 Å². The molecule has 5 nitrogen and oxygen atoms in total. The molecule has 1 aromatic rings. The van der Waals surface area contributed by atoms with Gasteiger partial charge >= 0.3 is 5.97 Å². The molecule has 1 atom stereocenters. The summed E-state index contributed by atoms with van der Waals surface area (Å²) in [6, 6.07) is 1.78. The van der Waals surface area contributed by atoms with Gasteiger partial charge in [-0.3, -0.25) is 0 Å². The second-order valence-electron chi connectivity index (χ2n) is 5.90. The number of carboxylic acid groups (broad SMARTS) is 1. The van der Waals surface area contributed by atoms with E-state index in [4.69, 9.17) is 10.8 Å². The number of carboxylic acids is 1. The Kier molecular flexibility index (Phi) is 3.64. The number of hydrogen-bond acceptors (Lipinski definition) is 4. The number of nitrogens with one attached hydrogen (secondary N) is 1. The average molecular weight is 263 g/mol. The minimum atomic E-state index is -1.01. The van der Waals surface area contributed by atoms with Crippen molar-refractivity contribution in [3.63, 3.8) is 0 Å². The van der Waals surface area contributed by atoms with E-state index in [1.165, 1.54) is 31.5 Å². The second-order valence-corrected chi connectivity index (χ2v) is 5.90. The van der Waals surface area contributed by atoms with Crippen LogP contribution in [0.5, 0.6) is 0 Å². The normalized spacial score (nSPS) is 21.9. The van der Waals surface area contributed by atoms with Crippen molar-refractivity contribution >= 4 is 17.5 Å². The molecule has 0 aromatic carbocycles. The maximum Gasteiger partial charge on any atom is 0.337 e. The van der Waals surface area contributed by atoms with Gasteiger partial charge in [0.1, 0.15) is 5.82 Å². The van der Waals surface area contributed by atoms with Gasteiger partial charge in [0, 0.05) is 12.2 Å². The first-order chi connectivity index (χ1) is 8.90. The molecule has 19 heavy (non-hydrogen) atoms. The molecule has 5 heteroatoms. The van der Waals surface area contributed by atoms with E-state index in [2.05, 4.69) is 24.1 Å². The number of aromatic nitrogens is 1. The Morgan fingerprint density at radius 2 is 2.26 bits per heavy atom. The summed E-state index contributed by atoms with van der Waals surface area (Å²) in [6.07, 6.45) is 6.07. The Hall–Kier alpha value is -1.78. The van der Waals surface area contributed by atoms with Crippen LogP contribution in [0.2, 0.25) is 0 Å². The van der Waals surface area contributed by atoms with Gasteiger partial charge in [-0.1, -0.05) is 26.7 Å². The molecule has 1 unspecified atom stereocenters. The smallest absolute Gasteiger partial charge is 0.337 e. The minimum absolute atomic E-state index is 0.117. The lowest BCUT2D eigenvalue weighted by molar-refractivity contribution is 0.0696. The fraction of sp³-hybridized carbons (Fsp3) is 0.571. The predicted octanol–water partition coefficient (Wildman–Crippen LogP) is 2.74. The standard InChI is InChI=1S/C14H21N3O2/c1-14(2)6-4-3-5-11(14)17-12-10(15)7-9(8-16-12)13(18)19/h7-8,11H,3-6,15H2,1-2H3,(H,16,17)(H,18,19). The lowest BCUT2D eigenvalue weighted by Gasteiger charge is -2.39. The zero-order valence-corrected chi connectivity index (χ0v) is 11.4. The fourth-order valence-electron chi connectivity index (χ4n) is 2.65. The molecule has 0 saturated heterocycles. The third-order valence-electron chi connectivity index (χ3n) is 3.98. The number of aromatic carboxylic acids is 1. The average Bonchev–Trinajstić information content (AvgIpc) is 2.33. The zero-order chi connectivity index (χ0) is 14.0. The van der Waals surface area contributed by atoms with Gasteiger partial charge in [-0.25, -0.2) is 9.78 Å². The van der Waals surface area contributed by atoms with Gasteiger partial charge < -0.3 is 16.2 Å². The molecule has 0 radical (unpaired) electrons. The van der Waals surface area contributed by atoms with Crippen LogP contribution in [-0.2, 0) is 0 Å². The first-order valence-electron chi connectivity index (χ1n) is 6.65. The lowest BCUT2D eigenvalue weighted by Crippen LogP contribution is -2.39. The Labute approximate surface area is 113 Å². The zero-order valence-electron chi connectivity index (χ0n) is 11.4. The van der Waals surface area contributed by atoms with Gasteiger partial charge in [0.25, 0.3) is 0 Å². The summed E-state index contributed by atoms with van der Waals surface area (Å²) >= 11 is 0. The number of carbonyl (C=O) groups is 1. The highest BCUT2D eigenvalue weighted by Crippen LogP contribution is 2.37. The van der Waals surface area contributed by atoms with E-state index >= 15 is 0 Å². The third-order valence-corrected chi connectivity index (χ3v) is 3.98. The van der Waals surface area contributed by atoms with Gasteiger partial charge in [0.05, 0.1) is 11.3 Å². The lowest BCUT2D eigenvalue weighted by atomic mass is 9.73. The van der Waals surface area contributed by atoms with Crippen molar-refractivity contribution in [1.82, 2.24) is 4.98 Å².